The molecule has 0 aliphatic heterocycles. The summed E-state index contributed by atoms with van der Waals surface area (Å²) in [5, 5.41) is 4.67. The fourth-order valence-electron chi connectivity index (χ4n) is 1.33. The quantitative estimate of drug-likeness (QED) is 0.720. The van der Waals surface area contributed by atoms with Crippen LogP contribution in [-0.4, -0.2) is 16.1 Å². The summed E-state index contributed by atoms with van der Waals surface area (Å²) in [5.74, 6) is 0.348. The van der Waals surface area contributed by atoms with E-state index in [0.29, 0.717) is 17.4 Å². The Hall–Kier alpha value is -0.830. The van der Waals surface area contributed by atoms with Gasteiger partial charge in [0.05, 0.1) is 16.9 Å². The van der Waals surface area contributed by atoms with Crippen molar-refractivity contribution in [3.8, 4) is 0 Å². The first kappa shape index (κ1) is 11.2. The molecular weight excluding hydrogens is 200 g/mol. The first-order valence-electron chi connectivity index (χ1n) is 4.68. The predicted molar refractivity (Wildman–Crippen MR) is 56.3 cm³/mol. The van der Waals surface area contributed by atoms with Crippen LogP contribution in [0.15, 0.2) is 6.20 Å². The average Bonchev–Trinajstić information content (AvgIpc) is 2.43. The van der Waals surface area contributed by atoms with Crippen molar-refractivity contribution in [3.05, 3.63) is 16.9 Å². The minimum Gasteiger partial charge on any atom is -0.303 e. The number of carbonyl (C=O) groups excluding carboxylic acids is 1. The number of halogens is 1. The van der Waals surface area contributed by atoms with Gasteiger partial charge < -0.3 is 4.79 Å². The number of aldehydes is 1. The highest BCUT2D eigenvalue weighted by Gasteiger charge is 2.17. The zero-order valence-corrected chi connectivity index (χ0v) is 9.45. The first-order chi connectivity index (χ1) is 6.56. The zero-order chi connectivity index (χ0) is 10.7. The number of aryl methyl sites for hydroxylation is 1. The van der Waals surface area contributed by atoms with Crippen molar-refractivity contribution in [3.63, 3.8) is 0 Å². The highest BCUT2D eigenvalue weighted by atomic mass is 35.5. The Labute approximate surface area is 89.1 Å². The molecule has 0 bridgehead atoms. The number of hydrogen-bond donors (Lipinski definition) is 0. The van der Waals surface area contributed by atoms with Crippen molar-refractivity contribution in [2.45, 2.75) is 20.3 Å². The third kappa shape index (κ3) is 2.35. The van der Waals surface area contributed by atoms with Crippen molar-refractivity contribution >= 4 is 17.9 Å². The SMILES string of the molecule is CC(C)C(C=O)Cc1c(Cl)cnn1C. The maximum absolute atomic E-state index is 10.8. The minimum atomic E-state index is 0.0166. The lowest BCUT2D eigenvalue weighted by Gasteiger charge is -2.14. The number of aromatic nitrogens is 2. The summed E-state index contributed by atoms with van der Waals surface area (Å²) in [6.45, 7) is 4.06. The van der Waals surface area contributed by atoms with E-state index in [4.69, 9.17) is 11.6 Å². The van der Waals surface area contributed by atoms with Gasteiger partial charge in [-0.25, -0.2) is 0 Å². The molecule has 0 radical (unpaired) electrons. The van der Waals surface area contributed by atoms with Crippen LogP contribution in [0.25, 0.3) is 0 Å². The summed E-state index contributed by atoms with van der Waals surface area (Å²) < 4.78 is 1.72. The van der Waals surface area contributed by atoms with Crippen molar-refractivity contribution in [1.29, 1.82) is 0 Å². The van der Waals surface area contributed by atoms with Gasteiger partial charge in [-0.15, -0.1) is 0 Å². The van der Waals surface area contributed by atoms with E-state index in [0.717, 1.165) is 12.0 Å². The lowest BCUT2D eigenvalue weighted by molar-refractivity contribution is -0.112. The predicted octanol–water partition coefficient (Wildman–Crippen LogP) is 2.09. The summed E-state index contributed by atoms with van der Waals surface area (Å²) >= 11 is 5.95. The second-order valence-electron chi connectivity index (χ2n) is 3.81. The van der Waals surface area contributed by atoms with Crippen LogP contribution in [0, 0.1) is 11.8 Å². The first-order valence-corrected chi connectivity index (χ1v) is 5.05. The lowest BCUT2D eigenvalue weighted by atomic mass is 9.93. The highest BCUT2D eigenvalue weighted by Crippen LogP contribution is 2.20. The average molecular weight is 215 g/mol. The molecule has 0 aliphatic carbocycles. The van der Waals surface area contributed by atoms with Gasteiger partial charge in [0.2, 0.25) is 0 Å². The van der Waals surface area contributed by atoms with E-state index < -0.39 is 0 Å². The van der Waals surface area contributed by atoms with Gasteiger partial charge in [0, 0.05) is 19.4 Å². The largest absolute Gasteiger partial charge is 0.303 e. The molecule has 0 aliphatic rings. The van der Waals surface area contributed by atoms with Gasteiger partial charge >= 0.3 is 0 Å². The van der Waals surface area contributed by atoms with Gasteiger partial charge in [0.25, 0.3) is 0 Å². The summed E-state index contributed by atoms with van der Waals surface area (Å²) in [7, 11) is 1.84. The Morgan fingerprint density at radius 2 is 2.29 bits per heavy atom. The molecule has 78 valence electrons. The Morgan fingerprint density at radius 3 is 2.64 bits per heavy atom. The zero-order valence-electron chi connectivity index (χ0n) is 8.70. The van der Waals surface area contributed by atoms with Gasteiger partial charge in [-0.2, -0.15) is 5.10 Å². The minimum absolute atomic E-state index is 0.0166. The summed E-state index contributed by atoms with van der Waals surface area (Å²) in [4.78, 5) is 10.8. The van der Waals surface area contributed by atoms with Crippen LogP contribution < -0.4 is 0 Å². The van der Waals surface area contributed by atoms with Gasteiger partial charge in [-0.3, -0.25) is 4.68 Å². The van der Waals surface area contributed by atoms with Gasteiger partial charge in [-0.05, 0) is 5.92 Å². The van der Waals surface area contributed by atoms with Gasteiger partial charge in [0.1, 0.15) is 6.29 Å². The Kier molecular flexibility index (Phi) is 3.69. The Bertz CT molecular complexity index is 300. The molecule has 0 amide bonds. The van der Waals surface area contributed by atoms with Crippen LogP contribution in [0.1, 0.15) is 19.5 Å². The molecule has 1 heterocycles. The topological polar surface area (TPSA) is 34.9 Å². The molecule has 0 saturated carbocycles. The van der Waals surface area contributed by atoms with E-state index >= 15 is 0 Å². The normalized spacial score (nSPS) is 13.2. The van der Waals surface area contributed by atoms with Crippen molar-refractivity contribution in [2.75, 3.05) is 0 Å². The molecule has 14 heavy (non-hydrogen) atoms. The Morgan fingerprint density at radius 1 is 1.64 bits per heavy atom. The fourth-order valence-corrected chi connectivity index (χ4v) is 1.57. The molecule has 1 aromatic rings. The van der Waals surface area contributed by atoms with Crippen LogP contribution in [0.5, 0.6) is 0 Å². The van der Waals surface area contributed by atoms with Gasteiger partial charge in [-0.1, -0.05) is 25.4 Å². The Balaban J connectivity index is 2.81. The van der Waals surface area contributed by atoms with Gasteiger partial charge in [0.15, 0.2) is 0 Å². The summed E-state index contributed by atoms with van der Waals surface area (Å²) in [6.07, 6.45) is 3.27. The van der Waals surface area contributed by atoms with E-state index in [1.165, 1.54) is 0 Å². The standard InChI is InChI=1S/C10H15ClN2O/c1-7(2)8(6-14)4-10-9(11)5-12-13(10)3/h5-8H,4H2,1-3H3. The maximum atomic E-state index is 10.8. The fraction of sp³-hybridized carbons (Fsp3) is 0.600. The van der Waals surface area contributed by atoms with E-state index in [2.05, 4.69) is 5.10 Å². The number of hydrogen-bond acceptors (Lipinski definition) is 2. The molecular formula is C10H15ClN2O. The third-order valence-corrected chi connectivity index (χ3v) is 2.79. The molecule has 4 heteroatoms. The smallest absolute Gasteiger partial charge is 0.123 e. The van der Waals surface area contributed by atoms with Crippen LogP contribution >= 0.6 is 11.6 Å². The molecule has 0 saturated heterocycles. The van der Waals surface area contributed by atoms with E-state index in [-0.39, 0.29) is 5.92 Å². The molecule has 3 nitrogen and oxygen atoms in total. The van der Waals surface area contributed by atoms with Crippen molar-refractivity contribution < 1.29 is 4.79 Å². The second kappa shape index (κ2) is 4.60. The molecule has 0 fully saturated rings. The van der Waals surface area contributed by atoms with Crippen LogP contribution in [-0.2, 0) is 18.3 Å². The molecule has 1 aromatic heterocycles. The van der Waals surface area contributed by atoms with Crippen LogP contribution in [0.4, 0.5) is 0 Å². The molecule has 1 rings (SSSR count). The number of nitrogens with zero attached hydrogens (tertiary/aromatic N) is 2. The maximum Gasteiger partial charge on any atom is 0.123 e. The van der Waals surface area contributed by atoms with E-state index in [9.17, 15) is 4.79 Å². The number of rotatable bonds is 4. The third-order valence-electron chi connectivity index (χ3n) is 2.47. The van der Waals surface area contributed by atoms with Crippen LogP contribution in [0.3, 0.4) is 0 Å². The molecule has 0 aromatic carbocycles. The van der Waals surface area contributed by atoms with Crippen LogP contribution in [0.2, 0.25) is 5.02 Å². The molecule has 1 unspecified atom stereocenters. The van der Waals surface area contributed by atoms with E-state index in [1.54, 1.807) is 10.9 Å². The molecule has 0 spiro atoms. The van der Waals surface area contributed by atoms with Crippen molar-refractivity contribution in [2.24, 2.45) is 18.9 Å². The molecule has 0 N–H and O–H groups in total. The monoisotopic (exact) mass is 214 g/mol. The summed E-state index contributed by atoms with van der Waals surface area (Å²) in [5.41, 5.74) is 0.928. The highest BCUT2D eigenvalue weighted by molar-refractivity contribution is 6.31. The molecule has 1 atom stereocenters. The second-order valence-corrected chi connectivity index (χ2v) is 4.22. The lowest BCUT2D eigenvalue weighted by Crippen LogP contribution is -2.15. The van der Waals surface area contributed by atoms with E-state index in [1.807, 2.05) is 20.9 Å². The summed E-state index contributed by atoms with van der Waals surface area (Å²) in [6, 6.07) is 0. The van der Waals surface area contributed by atoms with Crippen molar-refractivity contribution in [1.82, 2.24) is 9.78 Å². The number of carbonyl (C=O) groups is 1.